The maximum Gasteiger partial charge on any atom is 0.252 e. The predicted molar refractivity (Wildman–Crippen MR) is 96.4 cm³/mol. The molecule has 2 heterocycles. The van der Waals surface area contributed by atoms with Gasteiger partial charge in [-0.2, -0.15) is 12.6 Å². The number of ether oxygens (including phenoxy) is 2. The van der Waals surface area contributed by atoms with Gasteiger partial charge in [0.15, 0.2) is 0 Å². The van der Waals surface area contributed by atoms with Gasteiger partial charge in [0, 0.05) is 45.2 Å². The van der Waals surface area contributed by atoms with Crippen molar-refractivity contribution in [2.45, 2.75) is 49.1 Å². The third-order valence-corrected chi connectivity index (χ3v) is 6.13. The Morgan fingerprint density at radius 2 is 1.83 bits per heavy atom. The number of nitrogens with one attached hydrogen (secondary N) is 1. The van der Waals surface area contributed by atoms with Gasteiger partial charge in [0.2, 0.25) is 0 Å². The van der Waals surface area contributed by atoms with Gasteiger partial charge in [0.1, 0.15) is 5.60 Å². The van der Waals surface area contributed by atoms with Crippen molar-refractivity contribution in [3.05, 3.63) is 0 Å². The molecular weight excluding hydrogens is 326 g/mol. The molecule has 3 aliphatic rings. The Bertz CT molecular complexity index is 442. The molecule has 0 bridgehead atoms. The highest BCUT2D eigenvalue weighted by molar-refractivity contribution is 7.80. The monoisotopic (exact) mass is 357 g/mol. The van der Waals surface area contributed by atoms with Crippen LogP contribution in [0.4, 0.5) is 0 Å². The Kier molecular flexibility index (Phi) is 5.76. The van der Waals surface area contributed by atoms with Crippen molar-refractivity contribution in [1.82, 2.24) is 15.1 Å². The molecule has 0 spiro atoms. The average Bonchev–Trinajstić information content (AvgIpc) is 3.37. The van der Waals surface area contributed by atoms with Crippen LogP contribution in [0.2, 0.25) is 0 Å². The number of morpholine rings is 1. The molecule has 0 radical (unpaired) electrons. The molecule has 1 amide bonds. The molecule has 6 nitrogen and oxygen atoms in total. The Balaban J connectivity index is 1.67. The molecule has 0 aromatic heterocycles. The lowest BCUT2D eigenvalue weighted by molar-refractivity contribution is -0.136. The zero-order valence-corrected chi connectivity index (χ0v) is 15.8. The minimum absolute atomic E-state index is 0.0747. The van der Waals surface area contributed by atoms with Crippen LogP contribution in [0.1, 0.15) is 32.6 Å². The van der Waals surface area contributed by atoms with Crippen molar-refractivity contribution < 1.29 is 14.3 Å². The van der Waals surface area contributed by atoms with Crippen LogP contribution in [0.25, 0.3) is 0 Å². The molecule has 2 aliphatic heterocycles. The number of carbonyl (C=O) groups excluding carboxylic acids is 1. The van der Waals surface area contributed by atoms with Crippen molar-refractivity contribution in [2.75, 3.05) is 53.0 Å². The van der Waals surface area contributed by atoms with Gasteiger partial charge in [-0.3, -0.25) is 14.6 Å². The highest BCUT2D eigenvalue weighted by Crippen LogP contribution is 2.40. The van der Waals surface area contributed by atoms with E-state index in [1.807, 2.05) is 0 Å². The molecule has 3 rings (SSSR count). The molecule has 7 heteroatoms. The molecule has 1 unspecified atom stereocenters. The van der Waals surface area contributed by atoms with Crippen molar-refractivity contribution in [3.63, 3.8) is 0 Å². The third-order valence-electron chi connectivity index (χ3n) is 5.80. The standard InChI is InChI=1S/C17H31N3O3S/c1-14(24)20-7-5-16(6-8-20,13-19-9-11-23-12-10-19)18-15(21)17(22-2)3-4-17/h14,24H,3-13H2,1-2H3,(H,18,21). The van der Waals surface area contributed by atoms with Crippen LogP contribution in [-0.4, -0.2) is 85.3 Å². The number of thiol groups is 1. The number of hydrogen-bond donors (Lipinski definition) is 2. The smallest absolute Gasteiger partial charge is 0.252 e. The molecular formula is C17H31N3O3S. The molecule has 2 saturated heterocycles. The summed E-state index contributed by atoms with van der Waals surface area (Å²) in [4.78, 5) is 17.6. The summed E-state index contributed by atoms with van der Waals surface area (Å²) in [5, 5.41) is 3.65. The summed E-state index contributed by atoms with van der Waals surface area (Å²) in [6.45, 7) is 8.40. The number of rotatable bonds is 6. The highest BCUT2D eigenvalue weighted by atomic mass is 32.1. The van der Waals surface area contributed by atoms with Gasteiger partial charge in [-0.25, -0.2) is 0 Å². The second-order valence-corrected chi connectivity index (χ2v) is 8.24. The molecule has 3 fully saturated rings. The first kappa shape index (κ1) is 18.5. The summed E-state index contributed by atoms with van der Waals surface area (Å²) in [5.41, 5.74) is -0.728. The summed E-state index contributed by atoms with van der Waals surface area (Å²) in [6, 6.07) is 0. The van der Waals surface area contributed by atoms with Gasteiger partial charge in [-0.1, -0.05) is 0 Å². The fourth-order valence-corrected chi connectivity index (χ4v) is 4.06. The van der Waals surface area contributed by atoms with E-state index in [4.69, 9.17) is 9.47 Å². The number of amides is 1. The molecule has 0 aromatic carbocycles. The summed E-state index contributed by atoms with van der Waals surface area (Å²) in [5.74, 6) is 0.0747. The molecule has 1 aliphatic carbocycles. The SMILES string of the molecule is COC1(C(=O)NC2(CN3CCOCC3)CCN(C(C)S)CC2)CC1. The first-order valence-corrected chi connectivity index (χ1v) is 9.60. The van der Waals surface area contributed by atoms with E-state index in [2.05, 4.69) is 34.7 Å². The van der Waals surface area contributed by atoms with Crippen LogP contribution in [0.15, 0.2) is 0 Å². The zero-order chi connectivity index (χ0) is 17.2. The number of methoxy groups -OCH3 is 1. The van der Waals surface area contributed by atoms with E-state index in [0.29, 0.717) is 0 Å². The Morgan fingerprint density at radius 1 is 1.21 bits per heavy atom. The van der Waals surface area contributed by atoms with E-state index in [1.54, 1.807) is 7.11 Å². The Morgan fingerprint density at radius 3 is 2.33 bits per heavy atom. The lowest BCUT2D eigenvalue weighted by atomic mass is 9.86. The summed E-state index contributed by atoms with van der Waals surface area (Å²) in [7, 11) is 1.65. The van der Waals surface area contributed by atoms with Gasteiger partial charge in [-0.15, -0.1) is 0 Å². The molecule has 1 atom stereocenters. The molecule has 138 valence electrons. The van der Waals surface area contributed by atoms with Gasteiger partial charge < -0.3 is 14.8 Å². The fourth-order valence-electron chi connectivity index (χ4n) is 3.83. The van der Waals surface area contributed by atoms with Gasteiger partial charge >= 0.3 is 0 Å². The van der Waals surface area contributed by atoms with Gasteiger partial charge in [0.05, 0.1) is 18.8 Å². The minimum Gasteiger partial charge on any atom is -0.379 e. The molecule has 24 heavy (non-hydrogen) atoms. The van der Waals surface area contributed by atoms with Crippen molar-refractivity contribution >= 4 is 18.5 Å². The number of hydrogen-bond acceptors (Lipinski definition) is 6. The normalized spacial score (nSPS) is 28.3. The lowest BCUT2D eigenvalue weighted by Crippen LogP contribution is -2.63. The second-order valence-electron chi connectivity index (χ2n) is 7.49. The number of carbonyl (C=O) groups is 1. The van der Waals surface area contributed by atoms with Crippen LogP contribution in [-0.2, 0) is 14.3 Å². The van der Waals surface area contributed by atoms with Gasteiger partial charge in [0.25, 0.3) is 5.91 Å². The Hall–Kier alpha value is -0.340. The molecule has 1 saturated carbocycles. The molecule has 1 N–H and O–H groups in total. The van der Waals surface area contributed by atoms with Crippen LogP contribution in [0.3, 0.4) is 0 Å². The maximum absolute atomic E-state index is 12.8. The summed E-state index contributed by atoms with van der Waals surface area (Å²) >= 11 is 4.56. The van der Waals surface area contributed by atoms with Crippen LogP contribution in [0, 0.1) is 0 Å². The number of piperidine rings is 1. The third kappa shape index (κ3) is 4.07. The van der Waals surface area contributed by atoms with E-state index >= 15 is 0 Å². The average molecular weight is 358 g/mol. The van der Waals surface area contributed by atoms with E-state index in [0.717, 1.165) is 71.6 Å². The lowest BCUT2D eigenvalue weighted by Gasteiger charge is -2.46. The Labute approximate surface area is 150 Å². The minimum atomic E-state index is -0.564. The second kappa shape index (κ2) is 7.50. The largest absolute Gasteiger partial charge is 0.379 e. The van der Waals surface area contributed by atoms with E-state index < -0.39 is 5.60 Å². The van der Waals surface area contributed by atoms with Crippen LogP contribution < -0.4 is 5.32 Å². The van der Waals surface area contributed by atoms with Crippen molar-refractivity contribution in [1.29, 1.82) is 0 Å². The predicted octanol–water partition coefficient (Wildman–Crippen LogP) is 0.724. The highest BCUT2D eigenvalue weighted by Gasteiger charge is 2.53. The molecule has 0 aromatic rings. The van der Waals surface area contributed by atoms with E-state index in [1.165, 1.54) is 0 Å². The first-order valence-electron chi connectivity index (χ1n) is 9.09. The summed E-state index contributed by atoms with van der Waals surface area (Å²) < 4.78 is 10.9. The van der Waals surface area contributed by atoms with Crippen molar-refractivity contribution in [2.24, 2.45) is 0 Å². The maximum atomic E-state index is 12.8. The number of likely N-dealkylation sites (tertiary alicyclic amines) is 1. The topological polar surface area (TPSA) is 54.0 Å². The van der Waals surface area contributed by atoms with E-state index in [9.17, 15) is 4.79 Å². The van der Waals surface area contributed by atoms with Gasteiger partial charge in [-0.05, 0) is 32.6 Å². The fraction of sp³-hybridized carbons (Fsp3) is 0.941. The quantitative estimate of drug-likeness (QED) is 0.686. The zero-order valence-electron chi connectivity index (χ0n) is 14.9. The number of nitrogens with zero attached hydrogens (tertiary/aromatic N) is 2. The van der Waals surface area contributed by atoms with E-state index in [-0.39, 0.29) is 16.8 Å². The summed E-state index contributed by atoms with van der Waals surface area (Å²) in [6.07, 6.45) is 3.59. The van der Waals surface area contributed by atoms with Crippen LogP contribution >= 0.6 is 12.6 Å². The van der Waals surface area contributed by atoms with Crippen molar-refractivity contribution in [3.8, 4) is 0 Å². The van der Waals surface area contributed by atoms with Crippen LogP contribution in [0.5, 0.6) is 0 Å². The first-order chi connectivity index (χ1) is 11.5.